The van der Waals surface area contributed by atoms with Gasteiger partial charge in [-0.1, -0.05) is 161 Å². The van der Waals surface area contributed by atoms with Crippen molar-refractivity contribution < 1.29 is 14.1 Å². The van der Waals surface area contributed by atoms with E-state index in [0.29, 0.717) is 12.2 Å². The Bertz CT molecular complexity index is 748. The van der Waals surface area contributed by atoms with E-state index in [-0.39, 0.29) is 18.4 Å². The molecule has 0 fully saturated rings. The number of aromatic nitrogens is 1. The highest BCUT2D eigenvalue weighted by molar-refractivity contribution is 5.88. The van der Waals surface area contributed by atoms with Crippen LogP contribution in [-0.2, 0) is 11.3 Å². The van der Waals surface area contributed by atoms with Crippen LogP contribution in [0.3, 0.4) is 0 Å². The van der Waals surface area contributed by atoms with Crippen molar-refractivity contribution in [3.63, 3.8) is 0 Å². The number of unbranched alkanes of at least 4 members (excludes halogenated alkanes) is 25. The van der Waals surface area contributed by atoms with Crippen LogP contribution in [0.15, 0.2) is 36.7 Å². The average Bonchev–Trinajstić information content (AvgIpc) is 3.03. The van der Waals surface area contributed by atoms with Gasteiger partial charge in [-0.3, -0.25) is 0 Å². The third-order valence-electron chi connectivity index (χ3n) is 8.79. The number of aryl methyl sites for hydroxylation is 1. The highest BCUT2D eigenvalue weighted by Gasteiger charge is 2.09. The molecule has 1 aromatic heterocycles. The summed E-state index contributed by atoms with van der Waals surface area (Å²) in [5.74, 6) is -0.181. The van der Waals surface area contributed by atoms with Crippen LogP contribution in [0.25, 0.3) is 0 Å². The number of ether oxygens (including phenoxy) is 1. The van der Waals surface area contributed by atoms with E-state index in [1.54, 1.807) is 0 Å². The summed E-state index contributed by atoms with van der Waals surface area (Å²) in [5.41, 5.74) is 0.669. The first-order valence-electron chi connectivity index (χ1n) is 19.1. The molecule has 1 rings (SSSR count). The summed E-state index contributed by atoms with van der Waals surface area (Å²) in [4.78, 5) is 12.4. The summed E-state index contributed by atoms with van der Waals surface area (Å²) in [6.45, 7) is 6.13. The number of pyridine rings is 1. The molecule has 0 radical (unpaired) electrons. The fourth-order valence-electron chi connectivity index (χ4n) is 5.83. The number of allylic oxidation sites excluding steroid dienone is 2. The average molecular weight is 635 g/mol. The molecule has 0 aliphatic carbocycles. The molecule has 0 amide bonds. The summed E-state index contributed by atoms with van der Waals surface area (Å²) in [5, 5.41) is 0. The van der Waals surface area contributed by atoms with Crippen molar-refractivity contribution in [2.75, 3.05) is 6.61 Å². The van der Waals surface area contributed by atoms with Gasteiger partial charge < -0.3 is 4.74 Å². The maximum atomic E-state index is 12.4. The Hall–Kier alpha value is -1.35. The normalized spacial score (nSPS) is 11.2. The van der Waals surface area contributed by atoms with Gasteiger partial charge in [0.15, 0.2) is 12.4 Å². The van der Waals surface area contributed by atoms with Crippen molar-refractivity contribution in [3.05, 3.63) is 42.2 Å². The van der Waals surface area contributed by atoms with Crippen LogP contribution in [0, 0.1) is 0 Å². The molecule has 0 aromatic carbocycles. The lowest BCUT2D eigenvalue weighted by Gasteiger charge is -2.05. The SMILES string of the molecule is CCCCCCCC/C=C\CCCCCCCC[n+]1ccc(C(=O)OCCCCCCCCCCCCCCCC)cc1.Cl. The van der Waals surface area contributed by atoms with Crippen molar-refractivity contribution in [2.45, 2.75) is 200 Å². The van der Waals surface area contributed by atoms with Gasteiger partial charge >= 0.3 is 5.97 Å². The summed E-state index contributed by atoms with van der Waals surface area (Å²) in [6, 6.07) is 3.82. The Morgan fingerprint density at radius 3 is 1.34 bits per heavy atom. The molecule has 0 saturated carbocycles. The molecule has 0 aliphatic rings. The fourth-order valence-corrected chi connectivity index (χ4v) is 5.83. The number of halogens is 1. The van der Waals surface area contributed by atoms with Crippen LogP contribution < -0.4 is 4.57 Å². The van der Waals surface area contributed by atoms with Crippen LogP contribution >= 0.6 is 12.4 Å². The largest absolute Gasteiger partial charge is 0.462 e. The molecular weight excluding hydrogens is 562 g/mol. The first-order chi connectivity index (χ1) is 21.3. The third-order valence-corrected chi connectivity index (χ3v) is 8.79. The first kappa shape index (κ1) is 42.6. The van der Waals surface area contributed by atoms with E-state index in [1.165, 1.54) is 167 Å². The van der Waals surface area contributed by atoms with Crippen LogP contribution in [0.5, 0.6) is 0 Å². The van der Waals surface area contributed by atoms with Gasteiger partial charge in [-0.05, 0) is 38.5 Å². The zero-order valence-corrected chi connectivity index (χ0v) is 30.2. The predicted molar refractivity (Wildman–Crippen MR) is 194 cm³/mol. The standard InChI is InChI=1S/C40H72NO2.ClH/c1-3-5-7-9-11-13-15-17-19-20-21-23-25-27-29-31-35-41-36-33-39(34-37-41)40(42)43-38-32-30-28-26-24-22-18-16-14-12-10-8-6-4-2;/h17,19,33-34,36-37H,3-16,18,20-32,35,38H2,1-2H3;1H/q+1;/b19-17-;. The van der Waals surface area contributed by atoms with Crippen molar-refractivity contribution in [1.82, 2.24) is 0 Å². The monoisotopic (exact) mass is 635 g/mol. The molecule has 4 heteroatoms. The summed E-state index contributed by atoms with van der Waals surface area (Å²) < 4.78 is 7.71. The lowest BCUT2D eigenvalue weighted by Crippen LogP contribution is -2.32. The van der Waals surface area contributed by atoms with E-state index in [2.05, 4.69) is 30.6 Å². The molecule has 0 spiro atoms. The number of esters is 1. The molecule has 44 heavy (non-hydrogen) atoms. The van der Waals surface area contributed by atoms with Crippen LogP contribution in [0.2, 0.25) is 0 Å². The van der Waals surface area contributed by atoms with E-state index < -0.39 is 0 Å². The second-order valence-corrected chi connectivity index (χ2v) is 13.0. The highest BCUT2D eigenvalue weighted by atomic mass is 35.5. The lowest BCUT2D eigenvalue weighted by atomic mass is 10.0. The quantitative estimate of drug-likeness (QED) is 0.0341. The molecule has 0 unspecified atom stereocenters. The Morgan fingerprint density at radius 2 is 0.909 bits per heavy atom. The molecule has 1 aromatic rings. The van der Waals surface area contributed by atoms with Gasteiger partial charge in [0.1, 0.15) is 6.54 Å². The second kappa shape index (κ2) is 34.5. The number of carbonyl (C=O) groups is 1. The Kier molecular flexibility index (Phi) is 33.5. The minimum Gasteiger partial charge on any atom is -0.462 e. The second-order valence-electron chi connectivity index (χ2n) is 13.0. The molecule has 256 valence electrons. The topological polar surface area (TPSA) is 30.2 Å². The minimum absolute atomic E-state index is 0. The van der Waals surface area contributed by atoms with Crippen molar-refractivity contribution in [1.29, 1.82) is 0 Å². The highest BCUT2D eigenvalue weighted by Crippen LogP contribution is 2.14. The third kappa shape index (κ3) is 28.1. The van der Waals surface area contributed by atoms with Crippen LogP contribution in [0.4, 0.5) is 0 Å². The maximum absolute atomic E-state index is 12.4. The fraction of sp³-hybridized carbons (Fsp3) is 0.800. The van der Waals surface area contributed by atoms with Gasteiger partial charge in [0.25, 0.3) is 0 Å². The van der Waals surface area contributed by atoms with Crippen molar-refractivity contribution >= 4 is 18.4 Å². The van der Waals surface area contributed by atoms with Crippen LogP contribution in [0.1, 0.15) is 204 Å². The zero-order valence-electron chi connectivity index (χ0n) is 29.3. The van der Waals surface area contributed by atoms with Crippen LogP contribution in [-0.4, -0.2) is 12.6 Å². The van der Waals surface area contributed by atoms with Crippen molar-refractivity contribution in [2.24, 2.45) is 0 Å². The van der Waals surface area contributed by atoms with Gasteiger partial charge in [-0.15, -0.1) is 12.4 Å². The smallest absolute Gasteiger partial charge is 0.338 e. The Morgan fingerprint density at radius 1 is 0.545 bits per heavy atom. The van der Waals surface area contributed by atoms with E-state index in [0.717, 1.165) is 19.4 Å². The van der Waals surface area contributed by atoms with Gasteiger partial charge in [0, 0.05) is 18.6 Å². The minimum atomic E-state index is -0.181. The molecule has 3 nitrogen and oxygen atoms in total. The van der Waals surface area contributed by atoms with E-state index in [1.807, 2.05) is 24.5 Å². The summed E-state index contributed by atoms with van der Waals surface area (Å²) >= 11 is 0. The number of nitrogens with zero attached hydrogens (tertiary/aromatic N) is 1. The van der Waals surface area contributed by atoms with E-state index in [9.17, 15) is 4.79 Å². The molecule has 0 saturated heterocycles. The first-order valence-corrected chi connectivity index (χ1v) is 19.1. The number of hydrogen-bond donors (Lipinski definition) is 0. The van der Waals surface area contributed by atoms with Gasteiger partial charge in [-0.25, -0.2) is 9.36 Å². The molecular formula is C40H73ClNO2+. The van der Waals surface area contributed by atoms with E-state index in [4.69, 9.17) is 4.74 Å². The van der Waals surface area contributed by atoms with Gasteiger partial charge in [0.2, 0.25) is 0 Å². The van der Waals surface area contributed by atoms with Gasteiger partial charge in [-0.2, -0.15) is 0 Å². The van der Waals surface area contributed by atoms with Gasteiger partial charge in [0.05, 0.1) is 12.2 Å². The Labute approximate surface area is 280 Å². The Balaban J connectivity index is 0.0000185. The van der Waals surface area contributed by atoms with E-state index >= 15 is 0 Å². The lowest BCUT2D eigenvalue weighted by molar-refractivity contribution is -0.697. The molecule has 0 aliphatic heterocycles. The maximum Gasteiger partial charge on any atom is 0.338 e. The zero-order chi connectivity index (χ0) is 30.9. The predicted octanol–water partition coefficient (Wildman–Crippen LogP) is 13.1. The number of hydrogen-bond acceptors (Lipinski definition) is 2. The number of carbonyl (C=O) groups excluding carboxylic acids is 1. The summed E-state index contributed by atoms with van der Waals surface area (Å²) in [7, 11) is 0. The molecule has 1 heterocycles. The molecule has 0 bridgehead atoms. The summed E-state index contributed by atoms with van der Waals surface area (Å²) in [6.07, 6.45) is 46.3. The van der Waals surface area contributed by atoms with Crippen molar-refractivity contribution in [3.8, 4) is 0 Å². The molecule has 0 N–H and O–H groups in total. The number of rotatable bonds is 32. The molecule has 0 atom stereocenters.